The second-order valence-electron chi connectivity index (χ2n) is 2.97. The van der Waals surface area contributed by atoms with E-state index in [0.717, 1.165) is 0 Å². The van der Waals surface area contributed by atoms with Crippen molar-refractivity contribution in [3.8, 4) is 0 Å². The summed E-state index contributed by atoms with van der Waals surface area (Å²) in [6.45, 7) is 4.32. The lowest BCUT2D eigenvalue weighted by molar-refractivity contribution is -0.122. The summed E-state index contributed by atoms with van der Waals surface area (Å²) in [6.07, 6.45) is 0.529. The second-order valence-corrected chi connectivity index (χ2v) is 2.97. The number of ketones is 1. The molecule has 0 aliphatic rings. The Bertz CT molecular complexity index is 136. The fourth-order valence-electron chi connectivity index (χ4n) is 0.738. The van der Waals surface area contributed by atoms with Crippen LogP contribution in [0, 0.1) is 0 Å². The summed E-state index contributed by atoms with van der Waals surface area (Å²) in [5, 5.41) is 3.00. The number of carbonyl (C=O) groups excluding carboxylic acids is 1. The maximum Gasteiger partial charge on any atom is 0.165 e. The van der Waals surface area contributed by atoms with Crippen molar-refractivity contribution in [2.24, 2.45) is 5.73 Å². The van der Waals surface area contributed by atoms with E-state index in [1.807, 2.05) is 0 Å². The second kappa shape index (κ2) is 4.52. The minimum atomic E-state index is -0.534. The number of hydrogen-bond donors (Lipinski definition) is 2. The van der Waals surface area contributed by atoms with Crippen molar-refractivity contribution < 1.29 is 4.79 Å². The van der Waals surface area contributed by atoms with Crippen LogP contribution >= 0.6 is 0 Å². The SMILES string of the molecule is [B]CCNC(C)(C)C(=O)CN. The Balaban J connectivity index is 3.88. The van der Waals surface area contributed by atoms with Gasteiger partial charge >= 0.3 is 0 Å². The molecule has 0 aromatic carbocycles. The fraction of sp³-hybridized carbons (Fsp3) is 0.857. The molecule has 3 nitrogen and oxygen atoms in total. The normalized spacial score (nSPS) is 11.5. The van der Waals surface area contributed by atoms with Crippen LogP contribution in [0.1, 0.15) is 13.8 Å². The molecule has 0 rings (SSSR count). The van der Waals surface area contributed by atoms with E-state index in [9.17, 15) is 4.79 Å². The molecule has 0 fully saturated rings. The molecule has 0 amide bonds. The quantitative estimate of drug-likeness (QED) is 0.523. The average molecular weight is 154 g/mol. The van der Waals surface area contributed by atoms with Gasteiger partial charge in [-0.15, -0.1) is 0 Å². The molecule has 0 aromatic rings. The van der Waals surface area contributed by atoms with Crippen molar-refractivity contribution in [3.05, 3.63) is 0 Å². The van der Waals surface area contributed by atoms with E-state index in [1.165, 1.54) is 0 Å². The molecule has 11 heavy (non-hydrogen) atoms. The third-order valence-electron chi connectivity index (χ3n) is 1.59. The minimum absolute atomic E-state index is 0.00551. The van der Waals surface area contributed by atoms with Gasteiger partial charge in [-0.2, -0.15) is 0 Å². The van der Waals surface area contributed by atoms with Crippen molar-refractivity contribution in [1.29, 1.82) is 0 Å². The molecule has 62 valence electrons. The van der Waals surface area contributed by atoms with Crippen LogP contribution in [0.5, 0.6) is 0 Å². The van der Waals surface area contributed by atoms with Crippen molar-refractivity contribution in [3.63, 3.8) is 0 Å². The van der Waals surface area contributed by atoms with Gasteiger partial charge < -0.3 is 11.1 Å². The molecule has 0 aliphatic carbocycles. The van der Waals surface area contributed by atoms with Gasteiger partial charge in [0.05, 0.1) is 19.9 Å². The highest BCUT2D eigenvalue weighted by Gasteiger charge is 2.24. The van der Waals surface area contributed by atoms with Gasteiger partial charge in [0.25, 0.3) is 0 Å². The van der Waals surface area contributed by atoms with Crippen LogP contribution in [0.3, 0.4) is 0 Å². The van der Waals surface area contributed by atoms with Crippen LogP contribution in [-0.4, -0.2) is 32.3 Å². The van der Waals surface area contributed by atoms with Crippen LogP contribution < -0.4 is 11.1 Å². The Kier molecular flexibility index (Phi) is 4.37. The molecular weight excluding hydrogens is 139 g/mol. The summed E-state index contributed by atoms with van der Waals surface area (Å²) in [6, 6.07) is 0. The predicted molar refractivity (Wildman–Crippen MR) is 46.7 cm³/mol. The van der Waals surface area contributed by atoms with Gasteiger partial charge in [-0.1, -0.05) is 6.32 Å². The highest BCUT2D eigenvalue weighted by Crippen LogP contribution is 2.01. The Morgan fingerprint density at radius 1 is 1.64 bits per heavy atom. The Morgan fingerprint density at radius 2 is 2.18 bits per heavy atom. The smallest absolute Gasteiger partial charge is 0.165 e. The first kappa shape index (κ1) is 10.7. The summed E-state index contributed by atoms with van der Waals surface area (Å²) in [7, 11) is 5.27. The summed E-state index contributed by atoms with van der Waals surface area (Å²) in [4.78, 5) is 11.1. The zero-order valence-corrected chi connectivity index (χ0v) is 7.18. The van der Waals surface area contributed by atoms with Crippen molar-refractivity contribution in [1.82, 2.24) is 5.32 Å². The standard InChI is InChI=1S/C7H15BN2O/c1-7(2,6(11)5-9)10-4-3-8/h10H,3-5,9H2,1-2H3. The lowest BCUT2D eigenvalue weighted by atomic mass is 9.97. The monoisotopic (exact) mass is 154 g/mol. The van der Waals surface area contributed by atoms with E-state index >= 15 is 0 Å². The van der Waals surface area contributed by atoms with Gasteiger partial charge in [0.2, 0.25) is 0 Å². The molecule has 0 heterocycles. The first-order valence-corrected chi connectivity index (χ1v) is 3.73. The van der Waals surface area contributed by atoms with E-state index in [1.54, 1.807) is 13.8 Å². The third kappa shape index (κ3) is 3.53. The number of nitrogens with one attached hydrogen (secondary N) is 1. The van der Waals surface area contributed by atoms with Crippen LogP contribution in [0.25, 0.3) is 0 Å². The largest absolute Gasteiger partial charge is 0.324 e. The highest BCUT2D eigenvalue weighted by atomic mass is 16.1. The highest BCUT2D eigenvalue weighted by molar-refractivity contribution is 6.08. The van der Waals surface area contributed by atoms with Gasteiger partial charge in [0.1, 0.15) is 0 Å². The molecule has 0 atom stereocenters. The molecule has 0 aliphatic heterocycles. The van der Waals surface area contributed by atoms with Crippen molar-refractivity contribution in [2.45, 2.75) is 25.7 Å². The molecule has 0 bridgehead atoms. The van der Waals surface area contributed by atoms with Gasteiger partial charge in [-0.05, 0) is 20.4 Å². The third-order valence-corrected chi connectivity index (χ3v) is 1.59. The van der Waals surface area contributed by atoms with Crippen LogP contribution in [-0.2, 0) is 4.79 Å². The summed E-state index contributed by atoms with van der Waals surface area (Å²) in [5.41, 5.74) is 4.68. The van der Waals surface area contributed by atoms with Crippen LogP contribution in [0.15, 0.2) is 0 Å². The minimum Gasteiger partial charge on any atom is -0.324 e. The number of carbonyl (C=O) groups is 1. The molecule has 0 aromatic heterocycles. The maximum absolute atomic E-state index is 11.1. The fourth-order valence-corrected chi connectivity index (χ4v) is 0.738. The van der Waals surface area contributed by atoms with Crippen molar-refractivity contribution in [2.75, 3.05) is 13.1 Å². The molecule has 0 saturated carbocycles. The molecule has 0 saturated heterocycles. The first-order valence-electron chi connectivity index (χ1n) is 3.73. The van der Waals surface area contributed by atoms with Crippen LogP contribution in [0.2, 0.25) is 6.32 Å². The van der Waals surface area contributed by atoms with Gasteiger partial charge in [-0.25, -0.2) is 0 Å². The van der Waals surface area contributed by atoms with Crippen LogP contribution in [0.4, 0.5) is 0 Å². The van der Waals surface area contributed by atoms with Gasteiger partial charge in [-0.3, -0.25) is 4.79 Å². The molecule has 2 radical (unpaired) electrons. The predicted octanol–water partition coefficient (Wildman–Crippen LogP) is -0.531. The summed E-state index contributed by atoms with van der Waals surface area (Å²) in [5.74, 6) is 0.00551. The molecule has 0 spiro atoms. The van der Waals surface area contributed by atoms with E-state index < -0.39 is 5.54 Å². The first-order chi connectivity index (χ1) is 5.04. The molecule has 3 N–H and O–H groups in total. The lowest BCUT2D eigenvalue weighted by Crippen LogP contribution is -2.49. The van der Waals surface area contributed by atoms with E-state index in [0.29, 0.717) is 12.9 Å². The number of nitrogens with two attached hydrogens (primary N) is 1. The number of Topliss-reactive ketones (excluding diaryl/α,β-unsaturated/α-hetero) is 1. The topological polar surface area (TPSA) is 55.1 Å². The Labute approximate surface area is 69.1 Å². The Hall–Kier alpha value is -0.345. The van der Waals surface area contributed by atoms with Gasteiger partial charge in [0, 0.05) is 0 Å². The van der Waals surface area contributed by atoms with Crippen molar-refractivity contribution >= 4 is 13.6 Å². The number of rotatable bonds is 5. The van der Waals surface area contributed by atoms with E-state index in [4.69, 9.17) is 13.6 Å². The zero-order valence-electron chi connectivity index (χ0n) is 7.18. The van der Waals surface area contributed by atoms with Gasteiger partial charge in [0.15, 0.2) is 5.78 Å². The number of hydrogen-bond acceptors (Lipinski definition) is 3. The molecule has 4 heteroatoms. The summed E-state index contributed by atoms with van der Waals surface area (Å²) >= 11 is 0. The van der Waals surface area contributed by atoms with E-state index in [2.05, 4.69) is 5.32 Å². The summed E-state index contributed by atoms with van der Waals surface area (Å²) < 4.78 is 0. The molecule has 0 unspecified atom stereocenters. The zero-order chi connectivity index (χ0) is 8.91. The average Bonchev–Trinajstić information content (AvgIpc) is 1.99. The lowest BCUT2D eigenvalue weighted by Gasteiger charge is -2.23. The molecular formula is C7H15BN2O. The Morgan fingerprint density at radius 3 is 2.55 bits per heavy atom. The maximum atomic E-state index is 11.1. The van der Waals surface area contributed by atoms with E-state index in [-0.39, 0.29) is 12.3 Å².